The molecular formula is C11H15. The summed E-state index contributed by atoms with van der Waals surface area (Å²) in [6, 6.07) is 0. The summed E-state index contributed by atoms with van der Waals surface area (Å²) in [6.45, 7) is 0. The summed E-state index contributed by atoms with van der Waals surface area (Å²) in [5, 5.41) is 0. The van der Waals surface area contributed by atoms with Gasteiger partial charge >= 0.3 is 0 Å². The Morgan fingerprint density at radius 3 is 2.91 bits per heavy atom. The molecule has 0 N–H and O–H groups in total. The van der Waals surface area contributed by atoms with Gasteiger partial charge in [0.1, 0.15) is 0 Å². The van der Waals surface area contributed by atoms with Crippen molar-refractivity contribution in [1.29, 1.82) is 0 Å². The van der Waals surface area contributed by atoms with Gasteiger partial charge in [0.05, 0.1) is 0 Å². The molecule has 0 atom stereocenters. The molecule has 0 saturated carbocycles. The number of rotatable bonds is 0. The summed E-state index contributed by atoms with van der Waals surface area (Å²) in [6.07, 6.45) is 20.0. The maximum atomic E-state index is 3.24. The van der Waals surface area contributed by atoms with Crippen molar-refractivity contribution in [1.82, 2.24) is 0 Å². The van der Waals surface area contributed by atoms with Crippen molar-refractivity contribution < 1.29 is 0 Å². The zero-order valence-electron chi connectivity index (χ0n) is 6.92. The molecule has 0 spiro atoms. The van der Waals surface area contributed by atoms with Crippen molar-refractivity contribution in [3.63, 3.8) is 0 Å². The Kier molecular flexibility index (Phi) is 4.51. The van der Waals surface area contributed by atoms with Crippen molar-refractivity contribution in [3.05, 3.63) is 36.5 Å². The fraction of sp³-hybridized carbons (Fsp3) is 0.455. The predicted molar refractivity (Wildman–Crippen MR) is 49.2 cm³/mol. The lowest BCUT2D eigenvalue weighted by Crippen LogP contribution is -1.74. The van der Waals surface area contributed by atoms with Crippen LogP contribution in [0, 0.1) is 6.08 Å². The zero-order chi connectivity index (χ0) is 7.78. The number of hydrogen-bond acceptors (Lipinski definition) is 0. The van der Waals surface area contributed by atoms with Crippen molar-refractivity contribution in [2.24, 2.45) is 0 Å². The highest BCUT2D eigenvalue weighted by molar-refractivity contribution is 5.09. The van der Waals surface area contributed by atoms with Crippen LogP contribution in [-0.2, 0) is 0 Å². The van der Waals surface area contributed by atoms with Gasteiger partial charge in [-0.15, -0.1) is 0 Å². The first-order valence-corrected chi connectivity index (χ1v) is 4.38. The normalized spacial score (nSPS) is 28.4. The molecule has 0 aliphatic heterocycles. The summed E-state index contributed by atoms with van der Waals surface area (Å²) < 4.78 is 0. The van der Waals surface area contributed by atoms with Crippen LogP contribution in [0.5, 0.6) is 0 Å². The first-order valence-electron chi connectivity index (χ1n) is 4.38. The average molecular weight is 147 g/mol. The molecule has 0 aromatic heterocycles. The third-order valence-electron chi connectivity index (χ3n) is 1.76. The molecule has 1 rings (SSSR count). The van der Waals surface area contributed by atoms with Gasteiger partial charge in [-0.1, -0.05) is 36.8 Å². The molecule has 59 valence electrons. The van der Waals surface area contributed by atoms with E-state index < -0.39 is 0 Å². The van der Waals surface area contributed by atoms with Crippen LogP contribution in [0.3, 0.4) is 0 Å². The minimum Gasteiger partial charge on any atom is -0.0845 e. The minimum absolute atomic E-state index is 1.12. The molecule has 1 aliphatic carbocycles. The van der Waals surface area contributed by atoms with Crippen molar-refractivity contribution in [2.45, 2.75) is 32.1 Å². The fourth-order valence-corrected chi connectivity index (χ4v) is 1.11. The van der Waals surface area contributed by atoms with Crippen LogP contribution in [0.2, 0.25) is 0 Å². The van der Waals surface area contributed by atoms with E-state index in [0.29, 0.717) is 0 Å². The molecule has 0 heteroatoms. The standard InChI is InChI=1S/C11H15/c1-2-4-6-8-10-11-9-7-5-3-1/h1-5H,6,8-11H2/b3-1+,4-2-,7-5?. The van der Waals surface area contributed by atoms with E-state index in [0.717, 1.165) is 6.42 Å². The van der Waals surface area contributed by atoms with Crippen LogP contribution in [-0.4, -0.2) is 0 Å². The number of hydrogen-bond donors (Lipinski definition) is 0. The highest BCUT2D eigenvalue weighted by Gasteiger charge is 1.85. The lowest BCUT2D eigenvalue weighted by molar-refractivity contribution is 0.691. The average Bonchev–Trinajstić information content (AvgIpc) is 2.08. The molecule has 0 aromatic rings. The van der Waals surface area contributed by atoms with E-state index in [1.807, 2.05) is 12.2 Å². The van der Waals surface area contributed by atoms with E-state index >= 15 is 0 Å². The number of allylic oxidation sites excluding steroid dienone is 6. The fourth-order valence-electron chi connectivity index (χ4n) is 1.11. The Morgan fingerprint density at radius 1 is 0.909 bits per heavy atom. The SMILES string of the molecule is [C]1=C/C=C/C=C\CCCCC\1. The molecule has 1 aliphatic rings. The lowest BCUT2D eigenvalue weighted by atomic mass is 10.1. The molecule has 0 saturated heterocycles. The summed E-state index contributed by atoms with van der Waals surface area (Å²) in [5.41, 5.74) is 0. The van der Waals surface area contributed by atoms with Crippen molar-refractivity contribution in [3.8, 4) is 0 Å². The van der Waals surface area contributed by atoms with Crippen molar-refractivity contribution >= 4 is 0 Å². The van der Waals surface area contributed by atoms with Gasteiger partial charge in [-0.3, -0.25) is 0 Å². The second-order valence-corrected chi connectivity index (χ2v) is 2.78. The molecule has 11 heavy (non-hydrogen) atoms. The maximum absolute atomic E-state index is 3.24. The van der Waals surface area contributed by atoms with Gasteiger partial charge in [-0.2, -0.15) is 0 Å². The maximum Gasteiger partial charge on any atom is -0.0276 e. The molecular weight excluding hydrogens is 132 g/mol. The Balaban J connectivity index is 2.36. The third kappa shape index (κ3) is 4.60. The van der Waals surface area contributed by atoms with Gasteiger partial charge in [-0.05, 0) is 31.8 Å². The second-order valence-electron chi connectivity index (χ2n) is 2.78. The molecule has 1 radical (unpaired) electrons. The first kappa shape index (κ1) is 8.32. The van der Waals surface area contributed by atoms with Crippen LogP contribution in [0.1, 0.15) is 32.1 Å². The topological polar surface area (TPSA) is 0 Å². The smallest absolute Gasteiger partial charge is 0.0276 e. The molecule has 0 aromatic carbocycles. The van der Waals surface area contributed by atoms with Gasteiger partial charge in [-0.25, -0.2) is 0 Å². The second kappa shape index (κ2) is 5.96. The van der Waals surface area contributed by atoms with Crippen LogP contribution in [0.4, 0.5) is 0 Å². The molecule has 0 nitrogen and oxygen atoms in total. The largest absolute Gasteiger partial charge is 0.0845 e. The molecule has 0 heterocycles. The molecule has 0 bridgehead atoms. The monoisotopic (exact) mass is 147 g/mol. The predicted octanol–water partition coefficient (Wildman–Crippen LogP) is 3.42. The molecule has 0 amide bonds. The van der Waals surface area contributed by atoms with E-state index in [1.54, 1.807) is 0 Å². The van der Waals surface area contributed by atoms with Gasteiger partial charge in [0.25, 0.3) is 0 Å². The van der Waals surface area contributed by atoms with Crippen LogP contribution >= 0.6 is 0 Å². The van der Waals surface area contributed by atoms with Crippen LogP contribution in [0.25, 0.3) is 0 Å². The lowest BCUT2D eigenvalue weighted by Gasteiger charge is -1.92. The summed E-state index contributed by atoms with van der Waals surface area (Å²) in [7, 11) is 0. The minimum atomic E-state index is 1.12. The summed E-state index contributed by atoms with van der Waals surface area (Å²) >= 11 is 0. The Morgan fingerprint density at radius 2 is 1.91 bits per heavy atom. The Bertz CT molecular complexity index is 143. The van der Waals surface area contributed by atoms with Crippen molar-refractivity contribution in [2.75, 3.05) is 0 Å². The van der Waals surface area contributed by atoms with Crippen LogP contribution < -0.4 is 0 Å². The molecule has 0 fully saturated rings. The van der Waals surface area contributed by atoms with E-state index in [4.69, 9.17) is 0 Å². The van der Waals surface area contributed by atoms with E-state index in [2.05, 4.69) is 24.3 Å². The van der Waals surface area contributed by atoms with Gasteiger partial charge in [0.2, 0.25) is 0 Å². The van der Waals surface area contributed by atoms with Crippen LogP contribution in [0.15, 0.2) is 30.4 Å². The Labute approximate surface area is 69.3 Å². The summed E-state index contributed by atoms with van der Waals surface area (Å²) in [4.78, 5) is 0. The highest BCUT2D eigenvalue weighted by Crippen LogP contribution is 2.04. The van der Waals surface area contributed by atoms with E-state index in [1.165, 1.54) is 25.7 Å². The third-order valence-corrected chi connectivity index (χ3v) is 1.76. The quantitative estimate of drug-likeness (QED) is 0.492. The van der Waals surface area contributed by atoms with Gasteiger partial charge in [0.15, 0.2) is 0 Å². The first-order chi connectivity index (χ1) is 5.50. The highest BCUT2D eigenvalue weighted by atomic mass is 13.9. The zero-order valence-corrected chi connectivity index (χ0v) is 6.92. The van der Waals surface area contributed by atoms with Gasteiger partial charge in [0, 0.05) is 0 Å². The molecule has 0 unspecified atom stereocenters. The van der Waals surface area contributed by atoms with Gasteiger partial charge < -0.3 is 0 Å². The Hall–Kier alpha value is -0.780. The van der Waals surface area contributed by atoms with E-state index in [9.17, 15) is 0 Å². The van der Waals surface area contributed by atoms with E-state index in [-0.39, 0.29) is 0 Å². The summed E-state index contributed by atoms with van der Waals surface area (Å²) in [5.74, 6) is 0.